The van der Waals surface area contributed by atoms with E-state index in [2.05, 4.69) is 15.2 Å². The quantitative estimate of drug-likeness (QED) is 0.111. The zero-order valence-corrected chi connectivity index (χ0v) is 21.4. The number of aliphatic hydroxyl groups excluding tert-OH is 1. The van der Waals surface area contributed by atoms with Crippen LogP contribution >= 0.6 is 23.1 Å². The topological polar surface area (TPSA) is 126 Å². The highest BCUT2D eigenvalue weighted by Gasteiger charge is 2.48. The molecule has 1 unspecified atom stereocenters. The van der Waals surface area contributed by atoms with Crippen LogP contribution < -0.4 is 9.64 Å². The van der Waals surface area contributed by atoms with E-state index < -0.39 is 17.7 Å². The standard InChI is InChI=1S/C26H19FN4O5S2/c1-36-19-12-16(4-7-18(19)32)21-20(22(33)15-8-10-28-11-9-15)23(34)24(35)31(21)25-29-30-26(38-25)37-13-14-2-5-17(27)6-3-14/h2-12,21,32-33H,13H2,1H3. The molecule has 0 bridgehead atoms. The number of aromatic nitrogens is 3. The molecule has 0 saturated carbocycles. The third-order valence-electron chi connectivity index (χ3n) is 5.80. The van der Waals surface area contributed by atoms with Crippen LogP contribution in [0.1, 0.15) is 22.7 Å². The maximum absolute atomic E-state index is 13.3. The number of nitrogens with zero attached hydrogens (tertiary/aromatic N) is 4. The van der Waals surface area contributed by atoms with Gasteiger partial charge in [-0.2, -0.15) is 0 Å². The summed E-state index contributed by atoms with van der Waals surface area (Å²) >= 11 is 2.45. The number of phenols is 1. The highest BCUT2D eigenvalue weighted by Crippen LogP contribution is 2.45. The number of hydrogen-bond acceptors (Lipinski definition) is 10. The van der Waals surface area contributed by atoms with Gasteiger partial charge < -0.3 is 14.9 Å². The Morgan fingerprint density at radius 2 is 1.84 bits per heavy atom. The molecule has 1 amide bonds. The predicted octanol–water partition coefficient (Wildman–Crippen LogP) is 4.71. The second-order valence-electron chi connectivity index (χ2n) is 8.10. The number of aliphatic hydroxyl groups is 1. The Bertz CT molecular complexity index is 1540. The van der Waals surface area contributed by atoms with Crippen molar-refractivity contribution in [2.75, 3.05) is 12.0 Å². The molecule has 1 aliphatic heterocycles. The van der Waals surface area contributed by atoms with E-state index >= 15 is 0 Å². The zero-order valence-electron chi connectivity index (χ0n) is 19.7. The minimum atomic E-state index is -1.07. The molecular weight excluding hydrogens is 531 g/mol. The number of amides is 1. The SMILES string of the molecule is COc1cc(C2C(=C(O)c3ccncc3)C(=O)C(=O)N2c2nnc(SCc3ccc(F)cc3)s2)ccc1O. The van der Waals surface area contributed by atoms with E-state index in [1.54, 1.807) is 12.1 Å². The Balaban J connectivity index is 1.56. The van der Waals surface area contributed by atoms with Crippen LogP contribution in [0.2, 0.25) is 0 Å². The van der Waals surface area contributed by atoms with Gasteiger partial charge in [0.1, 0.15) is 11.6 Å². The first-order valence-electron chi connectivity index (χ1n) is 11.2. The summed E-state index contributed by atoms with van der Waals surface area (Å²) in [7, 11) is 1.38. The molecule has 1 fully saturated rings. The first-order valence-corrected chi connectivity index (χ1v) is 13.0. The van der Waals surface area contributed by atoms with Crippen molar-refractivity contribution in [1.29, 1.82) is 0 Å². The monoisotopic (exact) mass is 550 g/mol. The summed E-state index contributed by atoms with van der Waals surface area (Å²) in [6, 6.07) is 12.5. The fraction of sp³-hybridized carbons (Fsp3) is 0.115. The summed E-state index contributed by atoms with van der Waals surface area (Å²) in [5.74, 6) is -1.99. The summed E-state index contributed by atoms with van der Waals surface area (Å²) in [5.41, 5.74) is 1.44. The highest BCUT2D eigenvalue weighted by molar-refractivity contribution is 8.00. The van der Waals surface area contributed by atoms with Gasteiger partial charge >= 0.3 is 5.91 Å². The van der Waals surface area contributed by atoms with E-state index in [0.717, 1.165) is 16.9 Å². The van der Waals surface area contributed by atoms with Crippen LogP contribution in [0.4, 0.5) is 9.52 Å². The van der Waals surface area contributed by atoms with Crippen LogP contribution in [0.5, 0.6) is 11.5 Å². The maximum atomic E-state index is 13.3. The second-order valence-corrected chi connectivity index (χ2v) is 10.3. The Labute approximate surface area is 224 Å². The van der Waals surface area contributed by atoms with Gasteiger partial charge in [-0.25, -0.2) is 4.39 Å². The smallest absolute Gasteiger partial charge is 0.301 e. The number of halogens is 1. The minimum absolute atomic E-state index is 0.127. The molecule has 38 heavy (non-hydrogen) atoms. The molecule has 9 nitrogen and oxygen atoms in total. The van der Waals surface area contributed by atoms with Gasteiger partial charge in [-0.15, -0.1) is 10.2 Å². The average Bonchev–Trinajstić information content (AvgIpc) is 3.50. The fourth-order valence-corrected chi connectivity index (χ4v) is 5.78. The van der Waals surface area contributed by atoms with Crippen molar-refractivity contribution in [2.45, 2.75) is 16.1 Å². The molecule has 2 aromatic heterocycles. The van der Waals surface area contributed by atoms with Gasteiger partial charge in [0.25, 0.3) is 5.78 Å². The van der Waals surface area contributed by atoms with Crippen molar-refractivity contribution in [3.05, 3.63) is 95.1 Å². The fourth-order valence-electron chi connectivity index (χ4n) is 3.96. The second kappa shape index (κ2) is 10.6. The molecular formula is C26H19FN4O5S2. The highest BCUT2D eigenvalue weighted by atomic mass is 32.2. The van der Waals surface area contributed by atoms with E-state index in [0.29, 0.717) is 21.2 Å². The van der Waals surface area contributed by atoms with Gasteiger partial charge in [-0.05, 0) is 47.5 Å². The van der Waals surface area contributed by atoms with Gasteiger partial charge in [0.15, 0.2) is 15.8 Å². The third-order valence-corrected chi connectivity index (χ3v) is 7.92. The minimum Gasteiger partial charge on any atom is -0.507 e. The Morgan fingerprint density at radius 1 is 1.11 bits per heavy atom. The number of benzene rings is 2. The van der Waals surface area contributed by atoms with Crippen molar-refractivity contribution >= 4 is 45.7 Å². The number of ether oxygens (including phenoxy) is 1. The first-order chi connectivity index (χ1) is 18.4. The lowest BCUT2D eigenvalue weighted by Crippen LogP contribution is -2.29. The molecule has 4 aromatic rings. The molecule has 192 valence electrons. The van der Waals surface area contributed by atoms with Crippen molar-refractivity contribution in [3.8, 4) is 11.5 Å². The summed E-state index contributed by atoms with van der Waals surface area (Å²) in [6.45, 7) is 0. The number of methoxy groups -OCH3 is 1. The van der Waals surface area contributed by atoms with Crippen LogP contribution in [0.3, 0.4) is 0 Å². The molecule has 0 aliphatic carbocycles. The molecule has 2 N–H and O–H groups in total. The number of Topliss-reactive ketones (excluding diaryl/α,β-unsaturated/α-hetero) is 1. The lowest BCUT2D eigenvalue weighted by atomic mass is 9.95. The number of hydrogen-bond donors (Lipinski definition) is 2. The number of carbonyl (C=O) groups is 2. The van der Waals surface area contributed by atoms with Crippen molar-refractivity contribution < 1.29 is 28.9 Å². The number of thioether (sulfide) groups is 1. The lowest BCUT2D eigenvalue weighted by Gasteiger charge is -2.23. The number of anilines is 1. The maximum Gasteiger partial charge on any atom is 0.301 e. The zero-order chi connectivity index (χ0) is 26.8. The molecule has 1 atom stereocenters. The molecule has 0 spiro atoms. The normalized spacial score (nSPS) is 16.7. The van der Waals surface area contributed by atoms with Gasteiger partial charge in [0.2, 0.25) is 5.13 Å². The van der Waals surface area contributed by atoms with E-state index in [9.17, 15) is 24.2 Å². The number of phenolic OH excluding ortho intramolecular Hbond substituents is 1. The number of pyridine rings is 1. The molecule has 12 heteroatoms. The average molecular weight is 551 g/mol. The number of rotatable bonds is 7. The molecule has 5 rings (SSSR count). The van der Waals surface area contributed by atoms with Crippen LogP contribution in [-0.2, 0) is 15.3 Å². The van der Waals surface area contributed by atoms with Crippen molar-refractivity contribution in [3.63, 3.8) is 0 Å². The first kappa shape index (κ1) is 25.4. The van der Waals surface area contributed by atoms with E-state index in [-0.39, 0.29) is 33.8 Å². The number of carbonyl (C=O) groups excluding carboxylic acids is 2. The van der Waals surface area contributed by atoms with E-state index in [1.807, 2.05) is 0 Å². The van der Waals surface area contributed by atoms with Crippen LogP contribution in [0, 0.1) is 5.82 Å². The van der Waals surface area contributed by atoms with Crippen molar-refractivity contribution in [1.82, 2.24) is 15.2 Å². The summed E-state index contributed by atoms with van der Waals surface area (Å²) < 4.78 is 19.0. The number of ketones is 1. The molecule has 0 radical (unpaired) electrons. The van der Waals surface area contributed by atoms with Gasteiger partial charge in [-0.1, -0.05) is 41.3 Å². The van der Waals surface area contributed by atoms with Gasteiger partial charge in [0.05, 0.1) is 18.7 Å². The molecule has 1 aliphatic rings. The Morgan fingerprint density at radius 3 is 2.55 bits per heavy atom. The van der Waals surface area contributed by atoms with Gasteiger partial charge in [-0.3, -0.25) is 19.5 Å². The predicted molar refractivity (Wildman–Crippen MR) is 140 cm³/mol. The summed E-state index contributed by atoms with van der Waals surface area (Å²) in [5, 5.41) is 29.7. The molecule has 2 aromatic carbocycles. The van der Waals surface area contributed by atoms with Crippen molar-refractivity contribution in [2.24, 2.45) is 0 Å². The van der Waals surface area contributed by atoms with Crippen LogP contribution in [0.15, 0.2) is 76.9 Å². The number of aromatic hydroxyl groups is 1. The van der Waals surface area contributed by atoms with E-state index in [4.69, 9.17) is 4.74 Å². The largest absolute Gasteiger partial charge is 0.507 e. The van der Waals surface area contributed by atoms with E-state index in [1.165, 1.54) is 78.6 Å². The molecule has 1 saturated heterocycles. The summed E-state index contributed by atoms with van der Waals surface area (Å²) in [4.78, 5) is 31.7. The molecule has 3 heterocycles. The third kappa shape index (κ3) is 4.83. The summed E-state index contributed by atoms with van der Waals surface area (Å²) in [6.07, 6.45) is 2.91. The van der Waals surface area contributed by atoms with Gasteiger partial charge in [0, 0.05) is 23.7 Å². The Kier molecular flexibility index (Phi) is 7.07. The van der Waals surface area contributed by atoms with Crippen LogP contribution in [-0.4, -0.2) is 44.2 Å². The lowest BCUT2D eigenvalue weighted by molar-refractivity contribution is -0.132. The Hall–Kier alpha value is -4.29. The van der Waals surface area contributed by atoms with Crippen LogP contribution in [0.25, 0.3) is 5.76 Å².